The van der Waals surface area contributed by atoms with Crippen LogP contribution < -0.4 is 0 Å². The highest BCUT2D eigenvalue weighted by molar-refractivity contribution is 6.06. The molecule has 0 bridgehead atoms. The number of hydrogen-bond acceptors (Lipinski definition) is 4. The number of carbonyl (C=O) groups is 1. The predicted molar refractivity (Wildman–Crippen MR) is 83.8 cm³/mol. The van der Waals surface area contributed by atoms with E-state index in [1.165, 1.54) is 4.90 Å². The van der Waals surface area contributed by atoms with E-state index in [-0.39, 0.29) is 32.2 Å². The summed E-state index contributed by atoms with van der Waals surface area (Å²) in [5.41, 5.74) is 2.40. The van der Waals surface area contributed by atoms with Crippen LogP contribution in [0.5, 0.6) is 0 Å². The third-order valence-electron chi connectivity index (χ3n) is 3.99. The Bertz CT molecular complexity index is 677. The topological polar surface area (TPSA) is 73.7 Å². The minimum absolute atomic E-state index is 0.121. The Morgan fingerprint density at radius 3 is 2.50 bits per heavy atom. The number of rotatable bonds is 6. The van der Waals surface area contributed by atoms with Gasteiger partial charge in [-0.3, -0.25) is 9.78 Å². The summed E-state index contributed by atoms with van der Waals surface area (Å²) in [7, 11) is 0. The lowest BCUT2D eigenvalue weighted by atomic mass is 10.0. The summed E-state index contributed by atoms with van der Waals surface area (Å²) in [5, 5.41) is 19.1. The molecule has 0 unspecified atom stereocenters. The van der Waals surface area contributed by atoms with Crippen LogP contribution in [-0.2, 0) is 0 Å². The second-order valence-electron chi connectivity index (χ2n) is 5.63. The van der Waals surface area contributed by atoms with Crippen molar-refractivity contribution < 1.29 is 15.0 Å². The highest BCUT2D eigenvalue weighted by atomic mass is 16.3. The molecule has 1 saturated carbocycles. The van der Waals surface area contributed by atoms with Gasteiger partial charge in [0, 0.05) is 30.1 Å². The van der Waals surface area contributed by atoms with Crippen LogP contribution in [0.15, 0.2) is 30.3 Å². The second-order valence-corrected chi connectivity index (χ2v) is 5.63. The van der Waals surface area contributed by atoms with Gasteiger partial charge in [0.2, 0.25) is 0 Å². The average Bonchev–Trinajstić information content (AvgIpc) is 3.38. The molecule has 0 saturated heterocycles. The number of hydrogen-bond donors (Lipinski definition) is 2. The zero-order valence-electron chi connectivity index (χ0n) is 12.4. The number of nitrogens with zero attached hydrogens (tertiary/aromatic N) is 2. The summed E-state index contributed by atoms with van der Waals surface area (Å²) in [6, 6.07) is 9.49. The largest absolute Gasteiger partial charge is 0.395 e. The van der Waals surface area contributed by atoms with Crippen molar-refractivity contribution in [3.8, 4) is 0 Å². The molecule has 5 nitrogen and oxygen atoms in total. The highest BCUT2D eigenvalue weighted by Crippen LogP contribution is 2.40. The van der Waals surface area contributed by atoms with Crippen LogP contribution in [0.2, 0.25) is 0 Å². The van der Waals surface area contributed by atoms with Crippen LogP contribution in [0.1, 0.15) is 34.8 Å². The first-order valence-corrected chi connectivity index (χ1v) is 7.65. The minimum atomic E-state index is -0.163. The SMILES string of the molecule is O=C(c1cc(C2CC2)nc2ccccc12)N(CCO)CCO. The Morgan fingerprint density at radius 1 is 1.18 bits per heavy atom. The van der Waals surface area contributed by atoms with Crippen LogP contribution in [0.3, 0.4) is 0 Å². The molecule has 5 heteroatoms. The molecule has 0 spiro atoms. The second kappa shape index (κ2) is 6.42. The molecule has 2 N–H and O–H groups in total. The molecule has 1 aromatic heterocycles. The fraction of sp³-hybridized carbons (Fsp3) is 0.412. The molecule has 1 heterocycles. The van der Waals surface area contributed by atoms with Crippen molar-refractivity contribution >= 4 is 16.8 Å². The molecule has 1 aliphatic rings. The summed E-state index contributed by atoms with van der Waals surface area (Å²) in [6.45, 7) is 0.193. The Balaban J connectivity index is 2.05. The van der Waals surface area contributed by atoms with Gasteiger partial charge in [0.15, 0.2) is 0 Å². The van der Waals surface area contributed by atoms with Crippen molar-refractivity contribution in [3.05, 3.63) is 41.6 Å². The molecule has 116 valence electrons. The van der Waals surface area contributed by atoms with Crippen molar-refractivity contribution in [2.75, 3.05) is 26.3 Å². The zero-order chi connectivity index (χ0) is 15.5. The molecular weight excluding hydrogens is 280 g/mol. The number of aliphatic hydroxyl groups excluding tert-OH is 2. The number of amides is 1. The maximum atomic E-state index is 12.8. The molecule has 0 atom stereocenters. The van der Waals surface area contributed by atoms with Crippen molar-refractivity contribution in [2.24, 2.45) is 0 Å². The van der Waals surface area contributed by atoms with E-state index in [1.54, 1.807) is 0 Å². The lowest BCUT2D eigenvalue weighted by Crippen LogP contribution is -2.36. The van der Waals surface area contributed by atoms with Gasteiger partial charge >= 0.3 is 0 Å². The van der Waals surface area contributed by atoms with Gasteiger partial charge in [0.05, 0.1) is 24.3 Å². The number of carbonyl (C=O) groups excluding carboxylic acids is 1. The van der Waals surface area contributed by atoms with Crippen LogP contribution in [0.25, 0.3) is 10.9 Å². The van der Waals surface area contributed by atoms with Crippen molar-refractivity contribution in [3.63, 3.8) is 0 Å². The summed E-state index contributed by atoms with van der Waals surface area (Å²) < 4.78 is 0. The van der Waals surface area contributed by atoms with Crippen molar-refractivity contribution in [1.82, 2.24) is 9.88 Å². The van der Waals surface area contributed by atoms with Crippen LogP contribution in [0.4, 0.5) is 0 Å². The molecular formula is C17H20N2O3. The third kappa shape index (κ3) is 2.96. The maximum Gasteiger partial charge on any atom is 0.254 e. The van der Waals surface area contributed by atoms with Crippen LogP contribution in [0, 0.1) is 0 Å². The van der Waals surface area contributed by atoms with E-state index in [9.17, 15) is 4.79 Å². The number of para-hydroxylation sites is 1. The fourth-order valence-corrected chi connectivity index (χ4v) is 2.69. The van der Waals surface area contributed by atoms with E-state index < -0.39 is 0 Å². The van der Waals surface area contributed by atoms with Gasteiger partial charge in [-0.25, -0.2) is 0 Å². The lowest BCUT2D eigenvalue weighted by molar-refractivity contribution is 0.0686. The van der Waals surface area contributed by atoms with E-state index in [4.69, 9.17) is 10.2 Å². The first-order chi connectivity index (χ1) is 10.7. The number of pyridine rings is 1. The number of benzene rings is 1. The van der Waals surface area contributed by atoms with E-state index in [0.717, 1.165) is 29.4 Å². The van der Waals surface area contributed by atoms with Crippen molar-refractivity contribution in [2.45, 2.75) is 18.8 Å². The van der Waals surface area contributed by atoms with Gasteiger partial charge in [0.1, 0.15) is 0 Å². The molecule has 1 amide bonds. The number of aromatic nitrogens is 1. The normalized spacial score (nSPS) is 14.3. The Kier molecular flexibility index (Phi) is 4.36. The molecule has 2 aromatic rings. The molecule has 0 radical (unpaired) electrons. The van der Waals surface area contributed by atoms with Crippen LogP contribution in [-0.4, -0.2) is 52.3 Å². The van der Waals surface area contributed by atoms with Crippen LogP contribution >= 0.6 is 0 Å². The molecule has 22 heavy (non-hydrogen) atoms. The highest BCUT2D eigenvalue weighted by Gasteiger charge is 2.27. The Labute approximate surface area is 129 Å². The molecule has 1 aromatic carbocycles. The van der Waals surface area contributed by atoms with E-state index in [1.807, 2.05) is 30.3 Å². The van der Waals surface area contributed by atoms with Gasteiger partial charge in [-0.2, -0.15) is 0 Å². The molecule has 3 rings (SSSR count). The van der Waals surface area contributed by atoms with Gasteiger partial charge in [-0.05, 0) is 25.0 Å². The fourth-order valence-electron chi connectivity index (χ4n) is 2.69. The monoisotopic (exact) mass is 300 g/mol. The summed E-state index contributed by atoms with van der Waals surface area (Å²) >= 11 is 0. The van der Waals surface area contributed by atoms with Gasteiger partial charge in [-0.15, -0.1) is 0 Å². The summed E-state index contributed by atoms with van der Waals surface area (Å²) in [4.78, 5) is 19.0. The quantitative estimate of drug-likeness (QED) is 0.848. The minimum Gasteiger partial charge on any atom is -0.395 e. The third-order valence-corrected chi connectivity index (χ3v) is 3.99. The Morgan fingerprint density at radius 2 is 1.86 bits per heavy atom. The Hall–Kier alpha value is -1.98. The average molecular weight is 300 g/mol. The molecule has 1 aliphatic carbocycles. The van der Waals surface area contributed by atoms with E-state index >= 15 is 0 Å². The van der Waals surface area contributed by atoms with E-state index in [2.05, 4.69) is 4.98 Å². The number of fused-ring (bicyclic) bond motifs is 1. The molecule has 0 aliphatic heterocycles. The maximum absolute atomic E-state index is 12.8. The van der Waals surface area contributed by atoms with Gasteiger partial charge in [-0.1, -0.05) is 18.2 Å². The first-order valence-electron chi connectivity index (χ1n) is 7.65. The van der Waals surface area contributed by atoms with Gasteiger partial charge in [0.25, 0.3) is 5.91 Å². The zero-order valence-corrected chi connectivity index (χ0v) is 12.4. The van der Waals surface area contributed by atoms with E-state index in [0.29, 0.717) is 11.5 Å². The summed E-state index contributed by atoms with van der Waals surface area (Å²) in [6.07, 6.45) is 2.24. The first kappa shape index (κ1) is 14.9. The molecule has 1 fully saturated rings. The standard InChI is InChI=1S/C17H20N2O3/c20-9-7-19(8-10-21)17(22)14-11-16(12-5-6-12)18-15-4-2-1-3-13(14)15/h1-4,11-12,20-21H,5-10H2. The van der Waals surface area contributed by atoms with Crippen molar-refractivity contribution in [1.29, 1.82) is 0 Å². The predicted octanol–water partition coefficient (Wildman–Crippen LogP) is 1.54. The van der Waals surface area contributed by atoms with Gasteiger partial charge < -0.3 is 15.1 Å². The smallest absolute Gasteiger partial charge is 0.254 e. The summed E-state index contributed by atoms with van der Waals surface area (Å²) in [5.74, 6) is 0.295. The lowest BCUT2D eigenvalue weighted by Gasteiger charge is -2.21. The number of aliphatic hydroxyl groups is 2.